The van der Waals surface area contributed by atoms with Gasteiger partial charge in [-0.05, 0) is 31.4 Å². The average Bonchev–Trinajstić information content (AvgIpc) is 3.38. The number of fused-ring (bicyclic) bond motifs is 6. The summed E-state index contributed by atoms with van der Waals surface area (Å²) in [7, 11) is 0. The fraction of sp³-hybridized carbons (Fsp3) is 0.480. The number of anilines is 1. The lowest BCUT2D eigenvalue weighted by atomic mass is 9.65. The van der Waals surface area contributed by atoms with Gasteiger partial charge in [-0.3, -0.25) is 9.59 Å². The highest BCUT2D eigenvalue weighted by atomic mass is 16.5. The van der Waals surface area contributed by atoms with Crippen molar-refractivity contribution in [3.05, 3.63) is 42.0 Å². The first-order chi connectivity index (χ1) is 15.0. The quantitative estimate of drug-likeness (QED) is 0.723. The number of nitriles is 1. The van der Waals surface area contributed by atoms with Crippen LogP contribution in [0.4, 0.5) is 5.69 Å². The number of carbonyl (C=O) groups excluding carboxylic acids is 2. The molecule has 160 valence electrons. The van der Waals surface area contributed by atoms with Crippen LogP contribution in [0.5, 0.6) is 0 Å². The lowest BCUT2D eigenvalue weighted by molar-refractivity contribution is -0.132. The first-order valence-electron chi connectivity index (χ1n) is 11.1. The molecule has 2 amide bonds. The topological polar surface area (TPSA) is 90.6 Å². The number of aliphatic hydroxyl groups excluding tert-OH is 1. The third-order valence-electron chi connectivity index (χ3n) is 7.57. The fourth-order valence-corrected chi connectivity index (χ4v) is 6.24. The number of amides is 2. The normalized spacial score (nSPS) is 31.5. The number of aliphatic hydroxyl groups is 1. The van der Waals surface area contributed by atoms with Gasteiger partial charge in [0.05, 0.1) is 40.4 Å². The smallest absolute Gasteiger partial charge is 0.240 e. The summed E-state index contributed by atoms with van der Waals surface area (Å²) >= 11 is 0. The largest absolute Gasteiger partial charge is 0.396 e. The van der Waals surface area contributed by atoms with Crippen LogP contribution in [0.1, 0.15) is 51.0 Å². The van der Waals surface area contributed by atoms with Gasteiger partial charge in [0.25, 0.3) is 0 Å². The van der Waals surface area contributed by atoms with E-state index < -0.39 is 23.0 Å². The van der Waals surface area contributed by atoms with Gasteiger partial charge in [0.2, 0.25) is 11.8 Å². The SMILES string of the molecule is CCCCC12CCC(CCO)(O1)C1C(=O)N(c3ccc(C#N)c4ccccc34)C(=O)C12. The minimum absolute atomic E-state index is 0.0751. The lowest BCUT2D eigenvalue weighted by Gasteiger charge is -2.31. The van der Waals surface area contributed by atoms with Crippen LogP contribution in [0.15, 0.2) is 36.4 Å². The number of imide groups is 1. The van der Waals surface area contributed by atoms with Crippen molar-refractivity contribution in [3.8, 4) is 6.07 Å². The van der Waals surface area contributed by atoms with Crippen LogP contribution in [0, 0.1) is 23.2 Å². The Morgan fingerprint density at radius 3 is 2.32 bits per heavy atom. The third-order valence-corrected chi connectivity index (χ3v) is 7.57. The van der Waals surface area contributed by atoms with E-state index in [1.165, 1.54) is 4.90 Å². The zero-order valence-corrected chi connectivity index (χ0v) is 17.6. The molecule has 4 atom stereocenters. The zero-order chi connectivity index (χ0) is 21.8. The molecule has 0 radical (unpaired) electrons. The van der Waals surface area contributed by atoms with Crippen LogP contribution in [0.2, 0.25) is 0 Å². The Balaban J connectivity index is 1.64. The van der Waals surface area contributed by atoms with Crippen molar-refractivity contribution >= 4 is 28.3 Å². The molecule has 3 saturated heterocycles. The molecule has 4 unspecified atom stereocenters. The molecule has 31 heavy (non-hydrogen) atoms. The Kier molecular flexibility index (Phi) is 4.65. The average molecular weight is 418 g/mol. The van der Waals surface area contributed by atoms with Crippen molar-refractivity contribution in [1.29, 1.82) is 5.26 Å². The number of ether oxygens (including phenoxy) is 1. The molecule has 3 heterocycles. The van der Waals surface area contributed by atoms with Gasteiger partial charge in [-0.1, -0.05) is 44.0 Å². The van der Waals surface area contributed by atoms with E-state index in [1.54, 1.807) is 12.1 Å². The molecule has 0 spiro atoms. The van der Waals surface area contributed by atoms with E-state index in [1.807, 2.05) is 24.3 Å². The van der Waals surface area contributed by atoms with E-state index in [2.05, 4.69) is 13.0 Å². The van der Waals surface area contributed by atoms with E-state index in [9.17, 15) is 20.0 Å². The van der Waals surface area contributed by atoms with Gasteiger partial charge in [0, 0.05) is 23.8 Å². The maximum Gasteiger partial charge on any atom is 0.240 e. The Morgan fingerprint density at radius 2 is 1.71 bits per heavy atom. The van der Waals surface area contributed by atoms with Gasteiger partial charge < -0.3 is 9.84 Å². The van der Waals surface area contributed by atoms with Crippen LogP contribution < -0.4 is 4.90 Å². The predicted octanol–water partition coefficient (Wildman–Crippen LogP) is 3.69. The van der Waals surface area contributed by atoms with Crippen molar-refractivity contribution in [3.63, 3.8) is 0 Å². The second-order valence-electron chi connectivity index (χ2n) is 9.07. The van der Waals surface area contributed by atoms with E-state index in [4.69, 9.17) is 4.74 Å². The number of nitrogens with zero attached hydrogens (tertiary/aromatic N) is 2. The van der Waals surface area contributed by atoms with Gasteiger partial charge in [-0.2, -0.15) is 5.26 Å². The molecule has 6 heteroatoms. The highest BCUT2D eigenvalue weighted by Gasteiger charge is 2.74. The first-order valence-corrected chi connectivity index (χ1v) is 11.1. The number of hydrogen-bond acceptors (Lipinski definition) is 5. The number of benzene rings is 2. The molecule has 3 aliphatic heterocycles. The second kappa shape index (κ2) is 7.15. The molecule has 2 aromatic carbocycles. The molecule has 6 nitrogen and oxygen atoms in total. The summed E-state index contributed by atoms with van der Waals surface area (Å²) < 4.78 is 6.53. The molecule has 3 aliphatic rings. The highest BCUT2D eigenvalue weighted by Crippen LogP contribution is 2.64. The Labute approximate surface area is 181 Å². The minimum Gasteiger partial charge on any atom is -0.396 e. The van der Waals surface area contributed by atoms with Crippen LogP contribution in [-0.4, -0.2) is 34.7 Å². The molecular formula is C25H26N2O4. The molecule has 5 rings (SSSR count). The number of unbranched alkanes of at least 4 members (excludes halogenated alkanes) is 1. The van der Waals surface area contributed by atoms with Gasteiger partial charge in [-0.15, -0.1) is 0 Å². The molecule has 0 saturated carbocycles. The van der Waals surface area contributed by atoms with E-state index in [0.717, 1.165) is 36.5 Å². The fourth-order valence-electron chi connectivity index (χ4n) is 6.24. The van der Waals surface area contributed by atoms with Crippen molar-refractivity contribution in [2.24, 2.45) is 11.8 Å². The standard InChI is InChI=1S/C25H26N2O4/c1-2-3-10-24-11-12-25(31-24,13-14-28)21-20(24)22(29)27(23(21)30)19-9-8-16(15-26)17-6-4-5-7-18(17)19/h4-9,20-21,28H,2-3,10-14H2,1H3. The summed E-state index contributed by atoms with van der Waals surface area (Å²) in [5.74, 6) is -1.52. The summed E-state index contributed by atoms with van der Waals surface area (Å²) in [5.41, 5.74) is -0.349. The van der Waals surface area contributed by atoms with Crippen molar-refractivity contribution in [2.45, 2.75) is 56.7 Å². The van der Waals surface area contributed by atoms with Gasteiger partial charge in [0.15, 0.2) is 0 Å². The molecular weight excluding hydrogens is 392 g/mol. The monoisotopic (exact) mass is 418 g/mol. The Morgan fingerprint density at radius 1 is 1.06 bits per heavy atom. The number of carbonyl (C=O) groups is 2. The third kappa shape index (κ3) is 2.63. The summed E-state index contributed by atoms with van der Waals surface area (Å²) in [6.45, 7) is 2.03. The van der Waals surface area contributed by atoms with Crippen molar-refractivity contribution in [2.75, 3.05) is 11.5 Å². The van der Waals surface area contributed by atoms with Gasteiger partial charge in [0.1, 0.15) is 0 Å². The van der Waals surface area contributed by atoms with Crippen LogP contribution in [0.25, 0.3) is 10.8 Å². The Hall–Kier alpha value is -2.75. The molecule has 2 bridgehead atoms. The van der Waals surface area contributed by atoms with Crippen LogP contribution in [-0.2, 0) is 14.3 Å². The maximum absolute atomic E-state index is 13.8. The maximum atomic E-state index is 13.8. The van der Waals surface area contributed by atoms with Gasteiger partial charge in [-0.25, -0.2) is 4.90 Å². The summed E-state index contributed by atoms with van der Waals surface area (Å²) in [4.78, 5) is 28.9. The zero-order valence-electron chi connectivity index (χ0n) is 17.6. The van der Waals surface area contributed by atoms with Crippen molar-refractivity contribution in [1.82, 2.24) is 0 Å². The highest BCUT2D eigenvalue weighted by molar-refractivity contribution is 6.26. The second-order valence-corrected chi connectivity index (χ2v) is 9.07. The van der Waals surface area contributed by atoms with E-state index in [0.29, 0.717) is 24.1 Å². The van der Waals surface area contributed by atoms with Crippen molar-refractivity contribution < 1.29 is 19.4 Å². The molecule has 0 aliphatic carbocycles. The molecule has 3 fully saturated rings. The minimum atomic E-state index is -0.767. The summed E-state index contributed by atoms with van der Waals surface area (Å²) in [6, 6.07) is 13.0. The molecule has 0 aromatic heterocycles. The van der Waals surface area contributed by atoms with Gasteiger partial charge >= 0.3 is 0 Å². The summed E-state index contributed by atoms with van der Waals surface area (Å²) in [6.07, 6.45) is 4.47. The first kappa shape index (κ1) is 20.2. The molecule has 1 N–H and O–H groups in total. The van der Waals surface area contributed by atoms with E-state index >= 15 is 0 Å². The number of rotatable bonds is 6. The van der Waals surface area contributed by atoms with Crippen LogP contribution in [0.3, 0.4) is 0 Å². The predicted molar refractivity (Wildman–Crippen MR) is 115 cm³/mol. The van der Waals surface area contributed by atoms with E-state index in [-0.39, 0.29) is 18.4 Å². The Bertz CT molecular complexity index is 1120. The summed E-state index contributed by atoms with van der Waals surface area (Å²) in [5, 5.41) is 20.7. The molecule has 2 aromatic rings. The van der Waals surface area contributed by atoms with Crippen LogP contribution >= 0.6 is 0 Å². The lowest BCUT2D eigenvalue weighted by Crippen LogP contribution is -2.43. The number of hydrogen-bond donors (Lipinski definition) is 1.